The lowest BCUT2D eigenvalue weighted by Gasteiger charge is -2.18. The molecule has 0 aliphatic heterocycles. The Kier molecular flexibility index (Phi) is 6.52. The molecule has 0 saturated heterocycles. The summed E-state index contributed by atoms with van der Waals surface area (Å²) in [5.41, 5.74) is 5.39. The van der Waals surface area contributed by atoms with Crippen LogP contribution in [0.15, 0.2) is 9.59 Å². The second-order valence-corrected chi connectivity index (χ2v) is 6.04. The zero-order valence-electron chi connectivity index (χ0n) is 13.5. The van der Waals surface area contributed by atoms with Crippen LogP contribution >= 0.6 is 0 Å². The van der Waals surface area contributed by atoms with Crippen LogP contribution in [0.1, 0.15) is 53.4 Å². The first kappa shape index (κ1) is 17.3. The molecule has 0 fully saturated rings. The van der Waals surface area contributed by atoms with Gasteiger partial charge in [0.15, 0.2) is 0 Å². The topological polar surface area (TPSA) is 92.9 Å². The maximum Gasteiger partial charge on any atom is 0.330 e. The number of anilines is 2. The number of aromatic amines is 1. The molecule has 21 heavy (non-hydrogen) atoms. The number of aromatic nitrogens is 2. The number of nitrogens with zero attached hydrogens (tertiary/aromatic N) is 1. The third-order valence-corrected chi connectivity index (χ3v) is 3.50. The number of rotatable bonds is 8. The van der Waals surface area contributed by atoms with Crippen molar-refractivity contribution in [3.8, 4) is 0 Å². The van der Waals surface area contributed by atoms with Crippen LogP contribution in [-0.4, -0.2) is 15.6 Å². The standard InChI is InChI=1S/C15H28N4O2/c1-5-9-19-13(16)12(14(20)18-15(19)21)17-11(4)8-6-7-10(2)3/h10-11,17H,5-9,16H2,1-4H3,(H,18,20,21)/t11-/m0/s1. The van der Waals surface area contributed by atoms with E-state index in [1.54, 1.807) is 0 Å². The van der Waals surface area contributed by atoms with Crippen LogP contribution in [0.4, 0.5) is 11.5 Å². The van der Waals surface area contributed by atoms with Gasteiger partial charge in [-0.2, -0.15) is 0 Å². The fraction of sp³-hybridized carbons (Fsp3) is 0.733. The molecule has 0 bridgehead atoms. The van der Waals surface area contributed by atoms with Crippen molar-refractivity contribution in [2.75, 3.05) is 11.1 Å². The average Bonchev–Trinajstić information content (AvgIpc) is 2.39. The normalized spacial score (nSPS) is 12.6. The number of nitrogen functional groups attached to an aromatic ring is 1. The van der Waals surface area contributed by atoms with Gasteiger partial charge in [-0.25, -0.2) is 4.79 Å². The highest BCUT2D eigenvalue weighted by atomic mass is 16.2. The lowest BCUT2D eigenvalue weighted by Crippen LogP contribution is -2.35. The van der Waals surface area contributed by atoms with E-state index in [4.69, 9.17) is 5.73 Å². The Balaban J connectivity index is 2.85. The van der Waals surface area contributed by atoms with Gasteiger partial charge in [-0.1, -0.05) is 33.6 Å². The summed E-state index contributed by atoms with van der Waals surface area (Å²) in [4.78, 5) is 26.0. The van der Waals surface area contributed by atoms with Gasteiger partial charge < -0.3 is 11.1 Å². The quantitative estimate of drug-likeness (QED) is 0.685. The van der Waals surface area contributed by atoms with Crippen LogP contribution in [0.3, 0.4) is 0 Å². The minimum atomic E-state index is -0.447. The molecule has 0 aromatic carbocycles. The second-order valence-electron chi connectivity index (χ2n) is 6.04. The first-order valence-electron chi connectivity index (χ1n) is 7.75. The van der Waals surface area contributed by atoms with E-state index in [1.165, 1.54) is 4.57 Å². The molecule has 6 heteroatoms. The highest BCUT2D eigenvalue weighted by molar-refractivity contribution is 5.60. The largest absolute Gasteiger partial charge is 0.383 e. The summed E-state index contributed by atoms with van der Waals surface area (Å²) in [5.74, 6) is 0.901. The molecule has 1 heterocycles. The Hall–Kier alpha value is -1.72. The molecular formula is C15H28N4O2. The molecule has 4 N–H and O–H groups in total. The Morgan fingerprint density at radius 2 is 1.90 bits per heavy atom. The van der Waals surface area contributed by atoms with Gasteiger partial charge in [-0.05, 0) is 25.7 Å². The average molecular weight is 296 g/mol. The van der Waals surface area contributed by atoms with Crippen molar-refractivity contribution in [2.24, 2.45) is 5.92 Å². The summed E-state index contributed by atoms with van der Waals surface area (Å²) in [6.45, 7) is 8.87. The molecule has 1 atom stereocenters. The second kappa shape index (κ2) is 7.90. The Morgan fingerprint density at radius 1 is 1.24 bits per heavy atom. The maximum atomic E-state index is 11.9. The molecule has 1 aromatic rings. The molecule has 0 aliphatic rings. The lowest BCUT2D eigenvalue weighted by atomic mass is 10.0. The molecule has 0 radical (unpaired) electrons. The van der Waals surface area contributed by atoms with E-state index in [0.29, 0.717) is 18.2 Å². The van der Waals surface area contributed by atoms with Crippen molar-refractivity contribution in [1.29, 1.82) is 0 Å². The first-order chi connectivity index (χ1) is 9.86. The number of H-pyrrole nitrogens is 1. The van der Waals surface area contributed by atoms with E-state index in [9.17, 15) is 9.59 Å². The van der Waals surface area contributed by atoms with Crippen LogP contribution in [0.25, 0.3) is 0 Å². The molecular weight excluding hydrogens is 268 g/mol. The molecule has 0 spiro atoms. The third kappa shape index (κ3) is 4.95. The van der Waals surface area contributed by atoms with Crippen LogP contribution < -0.4 is 22.3 Å². The summed E-state index contributed by atoms with van der Waals surface area (Å²) in [5, 5.41) is 3.15. The number of nitrogens with two attached hydrogens (primary N) is 1. The summed E-state index contributed by atoms with van der Waals surface area (Å²) in [6, 6.07) is 0.139. The lowest BCUT2D eigenvalue weighted by molar-refractivity contribution is 0.520. The van der Waals surface area contributed by atoms with Gasteiger partial charge in [0.2, 0.25) is 0 Å². The Labute approximate surface area is 125 Å². The summed E-state index contributed by atoms with van der Waals surface area (Å²) >= 11 is 0. The Morgan fingerprint density at radius 3 is 2.48 bits per heavy atom. The Bertz CT molecular complexity index is 560. The number of hydrogen-bond acceptors (Lipinski definition) is 4. The summed E-state index contributed by atoms with van der Waals surface area (Å²) < 4.78 is 1.41. The predicted octanol–water partition coefficient (Wildman–Crippen LogP) is 2.16. The molecule has 1 aromatic heterocycles. The van der Waals surface area contributed by atoms with Gasteiger partial charge in [0, 0.05) is 12.6 Å². The van der Waals surface area contributed by atoms with Crippen LogP contribution in [0, 0.1) is 5.92 Å². The molecule has 0 saturated carbocycles. The molecule has 6 nitrogen and oxygen atoms in total. The van der Waals surface area contributed by atoms with E-state index in [1.807, 2.05) is 13.8 Å². The van der Waals surface area contributed by atoms with E-state index in [0.717, 1.165) is 25.7 Å². The van der Waals surface area contributed by atoms with Gasteiger partial charge in [0.05, 0.1) is 0 Å². The molecule has 120 valence electrons. The highest BCUT2D eigenvalue weighted by Crippen LogP contribution is 2.15. The summed E-state index contributed by atoms with van der Waals surface area (Å²) in [6.07, 6.45) is 3.99. The number of hydrogen-bond donors (Lipinski definition) is 3. The van der Waals surface area contributed by atoms with Crippen LogP contribution in [0.5, 0.6) is 0 Å². The fourth-order valence-corrected chi connectivity index (χ4v) is 2.32. The highest BCUT2D eigenvalue weighted by Gasteiger charge is 2.14. The fourth-order valence-electron chi connectivity index (χ4n) is 2.32. The third-order valence-electron chi connectivity index (χ3n) is 3.50. The smallest absolute Gasteiger partial charge is 0.330 e. The minimum absolute atomic E-state index is 0.139. The first-order valence-corrected chi connectivity index (χ1v) is 7.75. The molecule has 0 unspecified atom stereocenters. The zero-order chi connectivity index (χ0) is 16.0. The molecule has 0 amide bonds. The zero-order valence-corrected chi connectivity index (χ0v) is 13.5. The van der Waals surface area contributed by atoms with Gasteiger partial charge in [-0.3, -0.25) is 14.3 Å². The SMILES string of the molecule is CCCn1c(N)c(N[C@@H](C)CCCC(C)C)c(=O)[nH]c1=O. The molecule has 1 rings (SSSR count). The van der Waals surface area contributed by atoms with Gasteiger partial charge in [0.25, 0.3) is 5.56 Å². The van der Waals surface area contributed by atoms with Crippen molar-refractivity contribution in [2.45, 2.75) is 66.0 Å². The van der Waals surface area contributed by atoms with Crippen molar-refractivity contribution >= 4 is 11.5 Å². The number of nitrogens with one attached hydrogen (secondary N) is 2. The summed E-state index contributed by atoms with van der Waals surface area (Å²) in [7, 11) is 0. The van der Waals surface area contributed by atoms with Crippen molar-refractivity contribution in [3.63, 3.8) is 0 Å². The van der Waals surface area contributed by atoms with E-state index in [-0.39, 0.29) is 11.9 Å². The maximum absolute atomic E-state index is 11.9. The monoisotopic (exact) mass is 296 g/mol. The minimum Gasteiger partial charge on any atom is -0.383 e. The van der Waals surface area contributed by atoms with Crippen molar-refractivity contribution in [3.05, 3.63) is 20.8 Å². The van der Waals surface area contributed by atoms with Crippen LogP contribution in [0.2, 0.25) is 0 Å². The van der Waals surface area contributed by atoms with Crippen LogP contribution in [-0.2, 0) is 6.54 Å². The van der Waals surface area contributed by atoms with Gasteiger partial charge in [-0.15, -0.1) is 0 Å². The van der Waals surface area contributed by atoms with Crippen molar-refractivity contribution in [1.82, 2.24) is 9.55 Å². The van der Waals surface area contributed by atoms with E-state index < -0.39 is 11.2 Å². The van der Waals surface area contributed by atoms with Crippen molar-refractivity contribution < 1.29 is 0 Å². The molecule has 0 aliphatic carbocycles. The van der Waals surface area contributed by atoms with E-state index >= 15 is 0 Å². The van der Waals surface area contributed by atoms with E-state index in [2.05, 4.69) is 24.1 Å². The van der Waals surface area contributed by atoms with Gasteiger partial charge >= 0.3 is 5.69 Å². The van der Waals surface area contributed by atoms with Gasteiger partial charge in [0.1, 0.15) is 11.5 Å². The predicted molar refractivity (Wildman–Crippen MR) is 87.8 cm³/mol.